The summed E-state index contributed by atoms with van der Waals surface area (Å²) in [6, 6.07) is 5.30. The predicted octanol–water partition coefficient (Wildman–Crippen LogP) is 3.26. The van der Waals surface area contributed by atoms with Crippen LogP contribution in [0.3, 0.4) is 0 Å². The molecular formula is C24H26FN3O3. The molecule has 0 radical (unpaired) electrons. The van der Waals surface area contributed by atoms with Gasteiger partial charge in [0.05, 0.1) is 29.1 Å². The maximum Gasteiger partial charge on any atom is 0.338 e. The molecule has 1 amide bonds. The Hall–Kier alpha value is -2.80. The van der Waals surface area contributed by atoms with Gasteiger partial charge in [0.2, 0.25) is 5.91 Å². The molecule has 0 atom stereocenters. The third kappa shape index (κ3) is 3.51. The number of ether oxygens (including phenoxy) is 1. The van der Waals surface area contributed by atoms with E-state index in [9.17, 15) is 14.0 Å². The van der Waals surface area contributed by atoms with Crippen molar-refractivity contribution in [3.8, 4) is 0 Å². The first-order valence-corrected chi connectivity index (χ1v) is 10.9. The van der Waals surface area contributed by atoms with Gasteiger partial charge in [-0.05, 0) is 62.9 Å². The molecular weight excluding hydrogens is 397 g/mol. The largest absolute Gasteiger partial charge is 0.457 e. The molecule has 0 aliphatic carbocycles. The van der Waals surface area contributed by atoms with E-state index < -0.39 is 5.82 Å². The van der Waals surface area contributed by atoms with Crippen LogP contribution in [0.4, 0.5) is 10.1 Å². The van der Waals surface area contributed by atoms with E-state index in [1.165, 1.54) is 11.6 Å². The van der Waals surface area contributed by atoms with E-state index in [0.29, 0.717) is 24.4 Å². The van der Waals surface area contributed by atoms with Gasteiger partial charge in [-0.25, -0.2) is 9.18 Å². The lowest BCUT2D eigenvalue weighted by atomic mass is 9.77. The zero-order chi connectivity index (χ0) is 21.6. The number of nitrogens with zero attached hydrogens (tertiary/aromatic N) is 3. The molecule has 162 valence electrons. The molecule has 1 aromatic heterocycles. The molecule has 3 aliphatic heterocycles. The number of hydrogen-bond acceptors (Lipinski definition) is 5. The number of rotatable bonds is 4. The second-order valence-electron chi connectivity index (χ2n) is 8.89. The zero-order valence-corrected chi connectivity index (χ0v) is 17.7. The van der Waals surface area contributed by atoms with Gasteiger partial charge in [0.1, 0.15) is 12.4 Å². The first-order chi connectivity index (χ1) is 15.0. The predicted molar refractivity (Wildman–Crippen MR) is 113 cm³/mol. The third-order valence-corrected chi connectivity index (χ3v) is 7.30. The summed E-state index contributed by atoms with van der Waals surface area (Å²) >= 11 is 0. The van der Waals surface area contributed by atoms with Crippen LogP contribution in [-0.4, -0.2) is 47.9 Å². The number of halogens is 1. The third-order valence-electron chi connectivity index (χ3n) is 7.30. The van der Waals surface area contributed by atoms with Crippen LogP contribution in [0.1, 0.15) is 46.3 Å². The fourth-order valence-electron chi connectivity index (χ4n) is 5.23. The zero-order valence-electron chi connectivity index (χ0n) is 17.7. The molecule has 2 saturated heterocycles. The summed E-state index contributed by atoms with van der Waals surface area (Å²) in [7, 11) is 0. The lowest BCUT2D eigenvalue weighted by Gasteiger charge is -2.38. The number of benzene rings is 1. The fraction of sp³-hybridized carbons (Fsp3) is 0.458. The lowest BCUT2D eigenvalue weighted by molar-refractivity contribution is -0.128. The number of likely N-dealkylation sites (tertiary alicyclic amines) is 1. The molecule has 0 bridgehead atoms. The number of carbonyl (C=O) groups is 2. The summed E-state index contributed by atoms with van der Waals surface area (Å²) in [6.45, 7) is 5.75. The Morgan fingerprint density at radius 1 is 1.13 bits per heavy atom. The lowest BCUT2D eigenvalue weighted by Crippen LogP contribution is -2.45. The Bertz CT molecular complexity index is 1050. The number of pyridine rings is 1. The number of cyclic esters (lactones) is 1. The standard InChI is InChI=1S/C24H26FN3O3/c1-16-17(2-3-20-21(16)15-31-22(20)29)4-8-27-9-5-24(6-10-27)7-11-28(23(24)30)19-12-18(25)13-26-14-19/h2-3,12-14H,4-11,15H2,1H3. The van der Waals surface area contributed by atoms with Crippen molar-refractivity contribution in [3.05, 3.63) is 58.7 Å². The molecule has 1 aromatic carbocycles. The van der Waals surface area contributed by atoms with E-state index in [4.69, 9.17) is 4.74 Å². The van der Waals surface area contributed by atoms with Crippen molar-refractivity contribution >= 4 is 17.6 Å². The van der Waals surface area contributed by atoms with Crippen LogP contribution in [0.5, 0.6) is 0 Å². The summed E-state index contributed by atoms with van der Waals surface area (Å²) < 4.78 is 18.7. The molecule has 0 N–H and O–H groups in total. The van der Waals surface area contributed by atoms with Gasteiger partial charge < -0.3 is 14.5 Å². The first-order valence-electron chi connectivity index (χ1n) is 10.9. The van der Waals surface area contributed by atoms with Crippen molar-refractivity contribution in [2.24, 2.45) is 5.41 Å². The summed E-state index contributed by atoms with van der Waals surface area (Å²) in [6.07, 6.45) is 6.11. The van der Waals surface area contributed by atoms with Crippen molar-refractivity contribution in [1.82, 2.24) is 9.88 Å². The highest BCUT2D eigenvalue weighted by Crippen LogP contribution is 2.43. The minimum Gasteiger partial charge on any atom is -0.457 e. The van der Waals surface area contributed by atoms with Crippen molar-refractivity contribution in [2.75, 3.05) is 31.1 Å². The maximum absolute atomic E-state index is 13.5. The number of hydrogen-bond donors (Lipinski definition) is 0. The van der Waals surface area contributed by atoms with Gasteiger partial charge in [0.15, 0.2) is 0 Å². The Labute approximate surface area is 181 Å². The highest BCUT2D eigenvalue weighted by Gasteiger charge is 2.48. The van der Waals surface area contributed by atoms with E-state index in [1.807, 2.05) is 12.1 Å². The molecule has 1 spiro atoms. The average Bonchev–Trinajstić information content (AvgIpc) is 3.30. The molecule has 6 nitrogen and oxygen atoms in total. The second kappa shape index (κ2) is 7.71. The number of amides is 1. The van der Waals surface area contributed by atoms with Crippen molar-refractivity contribution in [3.63, 3.8) is 0 Å². The molecule has 7 heteroatoms. The van der Waals surface area contributed by atoms with E-state index >= 15 is 0 Å². The van der Waals surface area contributed by atoms with Crippen molar-refractivity contribution in [2.45, 2.75) is 39.2 Å². The van der Waals surface area contributed by atoms with Gasteiger partial charge >= 0.3 is 5.97 Å². The Morgan fingerprint density at radius 3 is 2.68 bits per heavy atom. The molecule has 2 fully saturated rings. The van der Waals surface area contributed by atoms with Crippen molar-refractivity contribution < 1.29 is 18.7 Å². The number of carbonyl (C=O) groups excluding carboxylic acids is 2. The normalized spacial score (nSPS) is 20.4. The number of esters is 1. The van der Waals surface area contributed by atoms with Crippen LogP contribution in [0.15, 0.2) is 30.6 Å². The number of fused-ring (bicyclic) bond motifs is 1. The number of piperidine rings is 1. The van der Waals surface area contributed by atoms with Gasteiger partial charge in [0.25, 0.3) is 0 Å². The minimum absolute atomic E-state index is 0.110. The fourth-order valence-corrected chi connectivity index (χ4v) is 5.23. The molecule has 31 heavy (non-hydrogen) atoms. The Balaban J connectivity index is 1.20. The van der Waals surface area contributed by atoms with Gasteiger partial charge in [-0.1, -0.05) is 6.07 Å². The SMILES string of the molecule is Cc1c(CCN2CCC3(CC2)CCN(c2cncc(F)c2)C3=O)ccc2c1COC2=O. The van der Waals surface area contributed by atoms with Gasteiger partial charge in [-0.2, -0.15) is 0 Å². The highest BCUT2D eigenvalue weighted by molar-refractivity contribution is 5.99. The van der Waals surface area contributed by atoms with Crippen LogP contribution < -0.4 is 4.90 Å². The summed E-state index contributed by atoms with van der Waals surface area (Å²) in [5, 5.41) is 0. The average molecular weight is 423 g/mol. The first kappa shape index (κ1) is 20.1. The van der Waals surface area contributed by atoms with E-state index in [0.717, 1.165) is 62.6 Å². The molecule has 2 aromatic rings. The van der Waals surface area contributed by atoms with Gasteiger partial charge in [-0.3, -0.25) is 9.78 Å². The molecule has 0 saturated carbocycles. The monoisotopic (exact) mass is 423 g/mol. The smallest absolute Gasteiger partial charge is 0.338 e. The second-order valence-corrected chi connectivity index (χ2v) is 8.89. The summed E-state index contributed by atoms with van der Waals surface area (Å²) in [5.74, 6) is -0.534. The van der Waals surface area contributed by atoms with Crippen LogP contribution in [0.2, 0.25) is 0 Å². The van der Waals surface area contributed by atoms with Crippen LogP contribution in [0.25, 0.3) is 0 Å². The summed E-state index contributed by atoms with van der Waals surface area (Å²) in [4.78, 5) is 32.9. The van der Waals surface area contributed by atoms with Gasteiger partial charge in [-0.15, -0.1) is 0 Å². The Morgan fingerprint density at radius 2 is 1.90 bits per heavy atom. The number of anilines is 1. The van der Waals surface area contributed by atoms with Gasteiger partial charge in [0, 0.05) is 24.7 Å². The summed E-state index contributed by atoms with van der Waals surface area (Å²) in [5.41, 5.74) is 4.34. The number of aromatic nitrogens is 1. The van der Waals surface area contributed by atoms with Crippen LogP contribution >= 0.6 is 0 Å². The van der Waals surface area contributed by atoms with E-state index in [1.54, 1.807) is 11.1 Å². The minimum atomic E-state index is -0.418. The molecule has 4 heterocycles. The van der Waals surface area contributed by atoms with E-state index in [2.05, 4.69) is 16.8 Å². The molecule has 0 unspecified atom stereocenters. The van der Waals surface area contributed by atoms with E-state index in [-0.39, 0.29) is 17.3 Å². The van der Waals surface area contributed by atoms with Crippen LogP contribution in [-0.2, 0) is 22.6 Å². The Kier molecular flexibility index (Phi) is 5.01. The quantitative estimate of drug-likeness (QED) is 0.707. The molecule has 5 rings (SSSR count). The molecule has 3 aliphatic rings. The highest BCUT2D eigenvalue weighted by atomic mass is 19.1. The topological polar surface area (TPSA) is 62.7 Å². The van der Waals surface area contributed by atoms with Crippen LogP contribution in [0, 0.1) is 18.2 Å². The van der Waals surface area contributed by atoms with Crippen molar-refractivity contribution in [1.29, 1.82) is 0 Å². The maximum atomic E-state index is 13.5.